The molecule has 4 aromatic rings. The minimum atomic E-state index is -0.457. The standard InChI is InChI=1S/C21H14N2O3S2/c24-19(14-5-2-1-3-6-14)23-15-8-10-16(11-9-15)26-21(25)18-13-22-20(28-18)17-7-4-12-27-17/h1-13H,(H,23,24). The van der Waals surface area contributed by atoms with Crippen LogP contribution >= 0.6 is 22.7 Å². The lowest BCUT2D eigenvalue weighted by Gasteiger charge is -2.07. The van der Waals surface area contributed by atoms with Crippen molar-refractivity contribution in [2.45, 2.75) is 0 Å². The summed E-state index contributed by atoms with van der Waals surface area (Å²) in [5, 5.41) is 5.56. The summed E-state index contributed by atoms with van der Waals surface area (Å²) in [5.41, 5.74) is 1.19. The predicted octanol–water partition coefficient (Wildman–Crippen LogP) is 5.34. The Morgan fingerprint density at radius 3 is 2.43 bits per heavy atom. The molecule has 2 aromatic carbocycles. The monoisotopic (exact) mass is 406 g/mol. The van der Waals surface area contributed by atoms with E-state index in [-0.39, 0.29) is 5.91 Å². The third-order valence-corrected chi connectivity index (χ3v) is 5.81. The van der Waals surface area contributed by atoms with Crippen molar-refractivity contribution < 1.29 is 14.3 Å². The maximum Gasteiger partial charge on any atom is 0.355 e. The minimum absolute atomic E-state index is 0.198. The summed E-state index contributed by atoms with van der Waals surface area (Å²) in [6, 6.07) is 19.5. The third-order valence-electron chi connectivity index (χ3n) is 3.80. The van der Waals surface area contributed by atoms with Gasteiger partial charge in [0.2, 0.25) is 0 Å². The lowest BCUT2D eigenvalue weighted by molar-refractivity contribution is 0.0739. The SMILES string of the molecule is O=C(Nc1ccc(OC(=O)c2cnc(-c3cccs3)s2)cc1)c1ccccc1. The Labute approximate surface area is 169 Å². The molecular formula is C21H14N2O3S2. The van der Waals surface area contributed by atoms with E-state index in [9.17, 15) is 9.59 Å². The molecule has 0 aliphatic heterocycles. The lowest BCUT2D eigenvalue weighted by Crippen LogP contribution is -2.11. The number of hydrogen-bond acceptors (Lipinski definition) is 6. The number of nitrogens with one attached hydrogen (secondary N) is 1. The topological polar surface area (TPSA) is 68.3 Å². The second-order valence-corrected chi connectivity index (χ2v) is 7.72. The number of benzene rings is 2. The number of hydrogen-bond donors (Lipinski definition) is 1. The van der Waals surface area contributed by atoms with Crippen molar-refractivity contribution in [3.05, 3.63) is 88.7 Å². The van der Waals surface area contributed by atoms with Crippen molar-refractivity contribution in [2.75, 3.05) is 5.32 Å². The van der Waals surface area contributed by atoms with Gasteiger partial charge in [0.15, 0.2) is 0 Å². The summed E-state index contributed by atoms with van der Waals surface area (Å²) in [7, 11) is 0. The van der Waals surface area contributed by atoms with Gasteiger partial charge in [-0.1, -0.05) is 24.3 Å². The molecule has 0 bridgehead atoms. The van der Waals surface area contributed by atoms with Gasteiger partial charge in [0.1, 0.15) is 15.6 Å². The normalized spacial score (nSPS) is 10.4. The van der Waals surface area contributed by atoms with Crippen molar-refractivity contribution >= 4 is 40.2 Å². The second kappa shape index (κ2) is 8.16. The molecule has 2 aromatic heterocycles. The number of carbonyl (C=O) groups is 2. The summed E-state index contributed by atoms with van der Waals surface area (Å²) in [6.07, 6.45) is 1.52. The average Bonchev–Trinajstić information content (AvgIpc) is 3.42. The van der Waals surface area contributed by atoms with Gasteiger partial charge < -0.3 is 10.1 Å². The highest BCUT2D eigenvalue weighted by atomic mass is 32.1. The zero-order chi connectivity index (χ0) is 19.3. The number of esters is 1. The zero-order valence-corrected chi connectivity index (χ0v) is 16.1. The van der Waals surface area contributed by atoms with Crippen LogP contribution < -0.4 is 10.1 Å². The number of carbonyl (C=O) groups excluding carboxylic acids is 2. The molecule has 0 radical (unpaired) electrons. The van der Waals surface area contributed by atoms with Gasteiger partial charge in [-0.2, -0.15) is 0 Å². The fraction of sp³-hybridized carbons (Fsp3) is 0. The van der Waals surface area contributed by atoms with Gasteiger partial charge in [0.25, 0.3) is 5.91 Å². The first-order chi connectivity index (χ1) is 13.7. The molecule has 0 spiro atoms. The summed E-state index contributed by atoms with van der Waals surface area (Å²) >= 11 is 2.87. The van der Waals surface area contributed by atoms with Crippen molar-refractivity contribution in [2.24, 2.45) is 0 Å². The molecule has 0 aliphatic carbocycles. The van der Waals surface area contributed by atoms with Crippen LogP contribution in [-0.2, 0) is 0 Å². The number of thiazole rings is 1. The van der Waals surface area contributed by atoms with Crippen molar-refractivity contribution in [3.8, 4) is 15.6 Å². The molecule has 138 valence electrons. The summed E-state index contributed by atoms with van der Waals surface area (Å²) < 4.78 is 5.40. The highest BCUT2D eigenvalue weighted by Gasteiger charge is 2.14. The first-order valence-electron chi connectivity index (χ1n) is 8.37. The largest absolute Gasteiger partial charge is 0.422 e. The Balaban J connectivity index is 1.39. The van der Waals surface area contributed by atoms with Gasteiger partial charge >= 0.3 is 5.97 Å². The number of rotatable bonds is 5. The van der Waals surface area contributed by atoms with Crippen LogP contribution in [0.25, 0.3) is 9.88 Å². The first-order valence-corrected chi connectivity index (χ1v) is 10.1. The zero-order valence-electron chi connectivity index (χ0n) is 14.5. The van der Waals surface area contributed by atoms with E-state index in [1.165, 1.54) is 17.5 Å². The lowest BCUT2D eigenvalue weighted by atomic mass is 10.2. The molecule has 2 heterocycles. The fourth-order valence-electron chi connectivity index (χ4n) is 2.44. The molecule has 5 nitrogen and oxygen atoms in total. The van der Waals surface area contributed by atoms with E-state index in [4.69, 9.17) is 4.74 Å². The van der Waals surface area contributed by atoms with Gasteiger partial charge in [0, 0.05) is 11.3 Å². The maximum atomic E-state index is 12.3. The highest BCUT2D eigenvalue weighted by Crippen LogP contribution is 2.29. The van der Waals surface area contributed by atoms with Gasteiger partial charge in [-0.15, -0.1) is 22.7 Å². The molecule has 1 amide bonds. The van der Waals surface area contributed by atoms with E-state index in [1.807, 2.05) is 23.6 Å². The van der Waals surface area contributed by atoms with Crippen LogP contribution in [0.5, 0.6) is 5.75 Å². The molecule has 4 rings (SSSR count). The van der Waals surface area contributed by atoms with Crippen LogP contribution in [0.15, 0.2) is 78.3 Å². The Morgan fingerprint density at radius 2 is 1.71 bits per heavy atom. The van der Waals surface area contributed by atoms with E-state index in [0.717, 1.165) is 9.88 Å². The average molecular weight is 406 g/mol. The smallest absolute Gasteiger partial charge is 0.355 e. The van der Waals surface area contributed by atoms with E-state index in [0.29, 0.717) is 21.9 Å². The quantitative estimate of drug-likeness (QED) is 0.359. The van der Waals surface area contributed by atoms with E-state index in [1.54, 1.807) is 59.9 Å². The van der Waals surface area contributed by atoms with Crippen LogP contribution in [0.2, 0.25) is 0 Å². The summed E-state index contributed by atoms with van der Waals surface area (Å²) in [5.74, 6) is -0.258. The number of nitrogens with zero attached hydrogens (tertiary/aromatic N) is 1. The van der Waals surface area contributed by atoms with Crippen LogP contribution in [0, 0.1) is 0 Å². The molecule has 1 N–H and O–H groups in total. The third kappa shape index (κ3) is 4.16. The Hall–Kier alpha value is -3.29. The molecule has 0 aliphatic rings. The van der Waals surface area contributed by atoms with E-state index in [2.05, 4.69) is 10.3 Å². The highest BCUT2D eigenvalue weighted by molar-refractivity contribution is 7.21. The first kappa shape index (κ1) is 18.1. The van der Waals surface area contributed by atoms with E-state index >= 15 is 0 Å². The molecule has 0 atom stereocenters. The minimum Gasteiger partial charge on any atom is -0.422 e. The van der Waals surface area contributed by atoms with Crippen LogP contribution in [0.1, 0.15) is 20.0 Å². The second-order valence-electron chi connectivity index (χ2n) is 5.74. The van der Waals surface area contributed by atoms with Crippen molar-refractivity contribution in [1.29, 1.82) is 0 Å². The van der Waals surface area contributed by atoms with Gasteiger partial charge in [-0.25, -0.2) is 9.78 Å². The van der Waals surface area contributed by atoms with Crippen LogP contribution in [0.4, 0.5) is 5.69 Å². The van der Waals surface area contributed by atoms with E-state index < -0.39 is 5.97 Å². The molecule has 0 saturated heterocycles. The number of ether oxygens (including phenoxy) is 1. The number of amides is 1. The Bertz CT molecular complexity index is 1090. The fourth-order valence-corrected chi connectivity index (χ4v) is 4.04. The molecule has 28 heavy (non-hydrogen) atoms. The van der Waals surface area contributed by atoms with Crippen molar-refractivity contribution in [3.63, 3.8) is 0 Å². The van der Waals surface area contributed by atoms with Crippen LogP contribution in [0.3, 0.4) is 0 Å². The number of thiophene rings is 1. The molecular weight excluding hydrogens is 392 g/mol. The summed E-state index contributed by atoms with van der Waals surface area (Å²) in [6.45, 7) is 0. The van der Waals surface area contributed by atoms with Gasteiger partial charge in [0.05, 0.1) is 11.1 Å². The number of anilines is 1. The molecule has 0 unspecified atom stereocenters. The molecule has 0 fully saturated rings. The molecule has 7 heteroatoms. The maximum absolute atomic E-state index is 12.3. The predicted molar refractivity (Wildman–Crippen MR) is 111 cm³/mol. The van der Waals surface area contributed by atoms with Gasteiger partial charge in [-0.05, 0) is 47.8 Å². The summed E-state index contributed by atoms with van der Waals surface area (Å²) in [4.78, 5) is 30.2. The number of aromatic nitrogens is 1. The molecule has 0 saturated carbocycles. The Morgan fingerprint density at radius 1 is 0.929 bits per heavy atom. The van der Waals surface area contributed by atoms with Crippen LogP contribution in [-0.4, -0.2) is 16.9 Å². The van der Waals surface area contributed by atoms with Gasteiger partial charge in [-0.3, -0.25) is 4.79 Å². The Kier molecular flexibility index (Phi) is 5.27. The van der Waals surface area contributed by atoms with Crippen molar-refractivity contribution in [1.82, 2.24) is 4.98 Å².